The zero-order valence-corrected chi connectivity index (χ0v) is 9.07. The highest BCUT2D eigenvalue weighted by Gasteiger charge is 2.20. The molecule has 1 saturated carbocycles. The summed E-state index contributed by atoms with van der Waals surface area (Å²) in [5.41, 5.74) is 0. The van der Waals surface area contributed by atoms with Crippen molar-refractivity contribution in [2.75, 3.05) is 12.0 Å². The lowest BCUT2D eigenvalue weighted by Gasteiger charge is -2.10. The van der Waals surface area contributed by atoms with Gasteiger partial charge in [-0.15, -0.1) is 0 Å². The van der Waals surface area contributed by atoms with E-state index in [4.69, 9.17) is 0 Å². The first-order valence-electron chi connectivity index (χ1n) is 5.03. The van der Waals surface area contributed by atoms with Gasteiger partial charge in [-0.2, -0.15) is 0 Å². The highest BCUT2D eigenvalue weighted by Crippen LogP contribution is 2.22. The third kappa shape index (κ3) is 4.03. The van der Waals surface area contributed by atoms with Crippen molar-refractivity contribution in [3.63, 3.8) is 0 Å². The van der Waals surface area contributed by atoms with Crippen LogP contribution in [-0.2, 0) is 15.6 Å². The molecule has 0 aromatic rings. The molecule has 1 aliphatic carbocycles. The number of rotatable bonds is 3. The van der Waals surface area contributed by atoms with E-state index in [0.717, 1.165) is 25.7 Å². The van der Waals surface area contributed by atoms with E-state index < -0.39 is 10.8 Å². The Hall–Kier alpha value is -0.180. The van der Waals surface area contributed by atoms with Crippen molar-refractivity contribution in [1.82, 2.24) is 0 Å². The number of carbonyl (C=O) groups is 1. The summed E-state index contributed by atoms with van der Waals surface area (Å²) in [5, 5.41) is 0. The van der Waals surface area contributed by atoms with E-state index in [1.807, 2.05) is 0 Å². The molecule has 0 spiro atoms. The van der Waals surface area contributed by atoms with E-state index in [1.54, 1.807) is 6.26 Å². The van der Waals surface area contributed by atoms with Crippen LogP contribution in [0.4, 0.5) is 0 Å². The van der Waals surface area contributed by atoms with E-state index in [1.165, 1.54) is 12.8 Å². The van der Waals surface area contributed by atoms with Crippen molar-refractivity contribution in [3.05, 3.63) is 0 Å². The van der Waals surface area contributed by atoms with Gasteiger partial charge in [-0.1, -0.05) is 12.8 Å². The third-order valence-corrected chi connectivity index (χ3v) is 3.50. The second-order valence-electron chi connectivity index (χ2n) is 3.83. The Balaban J connectivity index is 2.36. The van der Waals surface area contributed by atoms with Crippen LogP contribution >= 0.6 is 0 Å². The quantitative estimate of drug-likeness (QED) is 0.655. The number of Topliss-reactive ketones (excluding diaryl/α,β-unsaturated/α-hetero) is 1. The maximum atomic E-state index is 11.5. The zero-order valence-electron chi connectivity index (χ0n) is 8.25. The molecule has 0 aromatic carbocycles. The molecule has 0 aromatic heterocycles. The fraction of sp³-hybridized carbons (Fsp3) is 0.900. The van der Waals surface area contributed by atoms with Crippen molar-refractivity contribution in [2.24, 2.45) is 5.92 Å². The third-order valence-electron chi connectivity index (χ3n) is 2.68. The lowest BCUT2D eigenvalue weighted by atomic mass is 9.96. The molecule has 0 bridgehead atoms. The maximum Gasteiger partial charge on any atom is 0.136 e. The SMILES string of the molecule is CS(=O)CCC1CCCCCC1=O. The zero-order chi connectivity index (χ0) is 9.68. The molecule has 0 aliphatic heterocycles. The van der Waals surface area contributed by atoms with Crippen LogP contribution in [0.3, 0.4) is 0 Å². The number of ketones is 1. The fourth-order valence-corrected chi connectivity index (χ4v) is 2.46. The minimum Gasteiger partial charge on any atom is -0.299 e. The molecule has 2 unspecified atom stereocenters. The van der Waals surface area contributed by atoms with Gasteiger partial charge < -0.3 is 0 Å². The predicted octanol–water partition coefficient (Wildman–Crippen LogP) is 1.90. The molecule has 0 amide bonds. The van der Waals surface area contributed by atoms with Crippen LogP contribution in [0, 0.1) is 5.92 Å². The van der Waals surface area contributed by atoms with Crippen molar-refractivity contribution < 1.29 is 9.00 Å². The molecule has 1 aliphatic rings. The molecule has 2 atom stereocenters. The van der Waals surface area contributed by atoms with Gasteiger partial charge in [-0.05, 0) is 19.3 Å². The normalized spacial score (nSPS) is 26.8. The van der Waals surface area contributed by atoms with Gasteiger partial charge in [0, 0.05) is 35.1 Å². The van der Waals surface area contributed by atoms with Crippen LogP contribution in [0.25, 0.3) is 0 Å². The summed E-state index contributed by atoms with van der Waals surface area (Å²) >= 11 is 0. The van der Waals surface area contributed by atoms with Gasteiger partial charge in [0.15, 0.2) is 0 Å². The second-order valence-corrected chi connectivity index (χ2v) is 5.38. The molecule has 1 rings (SSSR count). The Kier molecular flexibility index (Phi) is 4.64. The largest absolute Gasteiger partial charge is 0.299 e. The first-order valence-corrected chi connectivity index (χ1v) is 6.75. The summed E-state index contributed by atoms with van der Waals surface area (Å²) in [6.07, 6.45) is 7.74. The van der Waals surface area contributed by atoms with Gasteiger partial charge in [0.25, 0.3) is 0 Å². The maximum absolute atomic E-state index is 11.5. The summed E-state index contributed by atoms with van der Waals surface area (Å²) in [6.45, 7) is 0. The van der Waals surface area contributed by atoms with Gasteiger partial charge in [-0.25, -0.2) is 0 Å². The average Bonchev–Trinajstić information content (AvgIpc) is 2.27. The second kappa shape index (κ2) is 5.53. The molecule has 0 heterocycles. The fourth-order valence-electron chi connectivity index (χ4n) is 1.85. The Bertz CT molecular complexity index is 201. The molecule has 13 heavy (non-hydrogen) atoms. The van der Waals surface area contributed by atoms with Crippen molar-refractivity contribution in [2.45, 2.75) is 38.5 Å². The molecule has 0 radical (unpaired) electrons. The molecular weight excluding hydrogens is 184 g/mol. The van der Waals surface area contributed by atoms with Gasteiger partial charge in [0.1, 0.15) is 5.78 Å². The van der Waals surface area contributed by atoms with Crippen molar-refractivity contribution >= 4 is 16.6 Å². The van der Waals surface area contributed by atoms with Crippen LogP contribution < -0.4 is 0 Å². The molecular formula is C10H18O2S. The number of hydrogen-bond donors (Lipinski definition) is 0. The van der Waals surface area contributed by atoms with Gasteiger partial charge in [0.05, 0.1) is 0 Å². The minimum atomic E-state index is -0.740. The highest BCUT2D eigenvalue weighted by atomic mass is 32.2. The van der Waals surface area contributed by atoms with Crippen LogP contribution in [-0.4, -0.2) is 22.0 Å². The Morgan fingerprint density at radius 1 is 1.38 bits per heavy atom. The summed E-state index contributed by atoms with van der Waals surface area (Å²) in [4.78, 5) is 11.5. The van der Waals surface area contributed by atoms with Crippen molar-refractivity contribution in [3.8, 4) is 0 Å². The standard InChI is InChI=1S/C10H18O2S/c1-13(12)8-7-9-5-3-2-4-6-10(9)11/h9H,2-8H2,1H3. The summed E-state index contributed by atoms with van der Waals surface area (Å²) < 4.78 is 10.9. The van der Waals surface area contributed by atoms with E-state index in [-0.39, 0.29) is 5.92 Å². The molecule has 1 fully saturated rings. The van der Waals surface area contributed by atoms with Crippen molar-refractivity contribution in [1.29, 1.82) is 0 Å². The van der Waals surface area contributed by atoms with Crippen LogP contribution in [0.1, 0.15) is 38.5 Å². The number of hydrogen-bond acceptors (Lipinski definition) is 2. The molecule has 76 valence electrons. The van der Waals surface area contributed by atoms with E-state index >= 15 is 0 Å². The van der Waals surface area contributed by atoms with Gasteiger partial charge in [-0.3, -0.25) is 9.00 Å². The van der Waals surface area contributed by atoms with Gasteiger partial charge in [0.2, 0.25) is 0 Å². The smallest absolute Gasteiger partial charge is 0.136 e. The summed E-state index contributed by atoms with van der Waals surface area (Å²) in [6, 6.07) is 0. The molecule has 2 nitrogen and oxygen atoms in total. The minimum absolute atomic E-state index is 0.214. The molecule has 0 N–H and O–H groups in total. The first kappa shape index (κ1) is 10.9. The van der Waals surface area contributed by atoms with Crippen LogP contribution in [0.5, 0.6) is 0 Å². The summed E-state index contributed by atoms with van der Waals surface area (Å²) in [7, 11) is -0.740. The average molecular weight is 202 g/mol. The van der Waals surface area contributed by atoms with E-state index in [2.05, 4.69) is 0 Å². The lowest BCUT2D eigenvalue weighted by molar-refractivity contribution is -0.122. The predicted molar refractivity (Wildman–Crippen MR) is 55.1 cm³/mol. The first-order chi connectivity index (χ1) is 6.20. The topological polar surface area (TPSA) is 34.1 Å². The van der Waals surface area contributed by atoms with Gasteiger partial charge >= 0.3 is 0 Å². The Morgan fingerprint density at radius 3 is 2.85 bits per heavy atom. The molecule has 3 heteroatoms. The summed E-state index contributed by atoms with van der Waals surface area (Å²) in [5.74, 6) is 1.31. The van der Waals surface area contributed by atoms with Crippen LogP contribution in [0.2, 0.25) is 0 Å². The van der Waals surface area contributed by atoms with Crippen LogP contribution in [0.15, 0.2) is 0 Å². The van der Waals surface area contributed by atoms with E-state index in [0.29, 0.717) is 11.5 Å². The highest BCUT2D eigenvalue weighted by molar-refractivity contribution is 7.84. The Labute approximate surface area is 82.6 Å². The lowest BCUT2D eigenvalue weighted by Crippen LogP contribution is -2.15. The van der Waals surface area contributed by atoms with E-state index in [9.17, 15) is 9.00 Å². The Morgan fingerprint density at radius 2 is 2.15 bits per heavy atom. The molecule has 0 saturated heterocycles. The monoisotopic (exact) mass is 202 g/mol. The number of carbonyl (C=O) groups excluding carboxylic acids is 1.